The van der Waals surface area contributed by atoms with Crippen LogP contribution in [0.25, 0.3) is 0 Å². The topological polar surface area (TPSA) is 125 Å². The lowest BCUT2D eigenvalue weighted by molar-refractivity contribution is -0.155. The molecule has 0 radical (unpaired) electrons. The van der Waals surface area contributed by atoms with Crippen molar-refractivity contribution in [3.63, 3.8) is 0 Å². The van der Waals surface area contributed by atoms with Crippen LogP contribution >= 0.6 is 0 Å². The van der Waals surface area contributed by atoms with E-state index in [-0.39, 0.29) is 24.3 Å². The summed E-state index contributed by atoms with van der Waals surface area (Å²) in [6.07, 6.45) is 4.42. The number of carbonyl (C=O) groups is 4. The van der Waals surface area contributed by atoms with Crippen molar-refractivity contribution in [1.29, 1.82) is 0 Å². The SMILES string of the molecule is O=C1C[C@H](NC(=O)[C@@H]2CC[C@@H]3CC=CC[C@H](NC(=O)c4ccccc4)C(=O)N32)C(O)O1. The maximum Gasteiger partial charge on any atom is 0.310 e. The van der Waals surface area contributed by atoms with Gasteiger partial charge in [0.2, 0.25) is 18.1 Å². The van der Waals surface area contributed by atoms with Crippen LogP contribution < -0.4 is 10.6 Å². The molecule has 9 heteroatoms. The van der Waals surface area contributed by atoms with Crippen LogP contribution in [0, 0.1) is 0 Å². The number of rotatable bonds is 4. The summed E-state index contributed by atoms with van der Waals surface area (Å²) in [6, 6.07) is 6.13. The lowest BCUT2D eigenvalue weighted by Crippen LogP contribution is -2.57. The van der Waals surface area contributed by atoms with Gasteiger partial charge in [0.25, 0.3) is 5.91 Å². The van der Waals surface area contributed by atoms with Gasteiger partial charge in [-0.25, -0.2) is 0 Å². The van der Waals surface area contributed by atoms with E-state index >= 15 is 0 Å². The molecular weight excluding hydrogens is 402 g/mol. The molecule has 2 fully saturated rings. The fraction of sp³-hybridized carbons (Fsp3) is 0.455. The third-order valence-electron chi connectivity index (χ3n) is 5.96. The maximum atomic E-state index is 13.4. The van der Waals surface area contributed by atoms with E-state index in [0.29, 0.717) is 31.2 Å². The van der Waals surface area contributed by atoms with Crippen molar-refractivity contribution in [1.82, 2.24) is 15.5 Å². The zero-order valence-electron chi connectivity index (χ0n) is 16.9. The van der Waals surface area contributed by atoms with Crippen LogP contribution in [0.5, 0.6) is 0 Å². The molecule has 0 spiro atoms. The van der Waals surface area contributed by atoms with Crippen LogP contribution in [-0.4, -0.2) is 64.2 Å². The van der Waals surface area contributed by atoms with Gasteiger partial charge in [0.05, 0.1) is 6.42 Å². The molecule has 0 aliphatic carbocycles. The number of nitrogens with zero attached hydrogens (tertiary/aromatic N) is 1. The highest BCUT2D eigenvalue weighted by molar-refractivity contribution is 5.98. The number of carbonyl (C=O) groups excluding carboxylic acids is 4. The van der Waals surface area contributed by atoms with Gasteiger partial charge in [-0.1, -0.05) is 30.4 Å². The third kappa shape index (κ3) is 4.46. The lowest BCUT2D eigenvalue weighted by atomic mass is 10.0. The van der Waals surface area contributed by atoms with Crippen molar-refractivity contribution in [2.24, 2.45) is 0 Å². The Morgan fingerprint density at radius 3 is 2.48 bits per heavy atom. The molecule has 3 aliphatic heterocycles. The fourth-order valence-corrected chi connectivity index (χ4v) is 4.37. The van der Waals surface area contributed by atoms with Crippen LogP contribution in [0.1, 0.15) is 42.5 Å². The van der Waals surface area contributed by atoms with E-state index in [4.69, 9.17) is 0 Å². The van der Waals surface area contributed by atoms with Gasteiger partial charge in [-0.05, 0) is 37.8 Å². The van der Waals surface area contributed by atoms with Crippen molar-refractivity contribution in [2.75, 3.05) is 0 Å². The highest BCUT2D eigenvalue weighted by atomic mass is 16.6. The first-order chi connectivity index (χ1) is 14.9. The minimum absolute atomic E-state index is 0.116. The number of benzene rings is 1. The number of ether oxygens (including phenoxy) is 1. The minimum Gasteiger partial charge on any atom is -0.434 e. The summed E-state index contributed by atoms with van der Waals surface area (Å²) in [6.45, 7) is 0. The summed E-state index contributed by atoms with van der Waals surface area (Å²) in [5.41, 5.74) is 0.452. The molecule has 3 heterocycles. The Balaban J connectivity index is 1.49. The van der Waals surface area contributed by atoms with Gasteiger partial charge in [0.1, 0.15) is 18.1 Å². The highest BCUT2D eigenvalue weighted by Crippen LogP contribution is 2.30. The molecule has 2 saturated heterocycles. The summed E-state index contributed by atoms with van der Waals surface area (Å²) in [4.78, 5) is 51.8. The zero-order valence-corrected chi connectivity index (χ0v) is 16.9. The Kier molecular flexibility index (Phi) is 6.03. The summed E-state index contributed by atoms with van der Waals surface area (Å²) in [7, 11) is 0. The summed E-state index contributed by atoms with van der Waals surface area (Å²) in [5.74, 6) is -1.68. The number of amides is 3. The molecule has 164 valence electrons. The molecular formula is C22H25N3O6. The average molecular weight is 427 g/mol. The van der Waals surface area contributed by atoms with Gasteiger partial charge < -0.3 is 25.4 Å². The molecule has 0 aromatic heterocycles. The second kappa shape index (κ2) is 8.89. The van der Waals surface area contributed by atoms with Crippen molar-refractivity contribution < 1.29 is 29.0 Å². The number of aliphatic hydroxyl groups excluding tert-OH is 1. The summed E-state index contributed by atoms with van der Waals surface area (Å²) >= 11 is 0. The molecule has 3 N–H and O–H groups in total. The first kappa shape index (κ1) is 21.0. The smallest absolute Gasteiger partial charge is 0.310 e. The van der Waals surface area contributed by atoms with Crippen molar-refractivity contribution in [2.45, 2.75) is 62.6 Å². The van der Waals surface area contributed by atoms with Gasteiger partial charge in [-0.2, -0.15) is 0 Å². The molecule has 3 aliphatic rings. The molecule has 3 amide bonds. The maximum absolute atomic E-state index is 13.4. The van der Waals surface area contributed by atoms with Crippen LogP contribution in [-0.2, 0) is 19.1 Å². The van der Waals surface area contributed by atoms with Crippen molar-refractivity contribution >= 4 is 23.7 Å². The standard InChI is InChI=1S/C22H25N3O6/c26-18-12-16(22(30)31-18)24-20(28)17-11-10-14-8-4-5-9-15(21(29)25(14)17)23-19(27)13-6-2-1-3-7-13/h1-7,14-17,22,30H,8-12H2,(H,23,27)(H,24,28)/t14-,15-,16-,17-,22?/m0/s1. The highest BCUT2D eigenvalue weighted by Gasteiger charge is 2.45. The first-order valence-corrected chi connectivity index (χ1v) is 10.4. The molecule has 0 saturated carbocycles. The number of cyclic esters (lactones) is 1. The quantitative estimate of drug-likeness (QED) is 0.467. The number of aliphatic hydroxyl groups is 1. The molecule has 5 atom stereocenters. The Morgan fingerprint density at radius 1 is 1.03 bits per heavy atom. The van der Waals surface area contributed by atoms with E-state index in [1.54, 1.807) is 35.2 Å². The zero-order chi connectivity index (χ0) is 22.0. The van der Waals surface area contributed by atoms with E-state index in [1.165, 1.54) is 0 Å². The van der Waals surface area contributed by atoms with Crippen molar-refractivity contribution in [3.8, 4) is 0 Å². The normalized spacial score (nSPS) is 30.2. The van der Waals surface area contributed by atoms with E-state index in [0.717, 1.165) is 0 Å². The van der Waals surface area contributed by atoms with Crippen LogP contribution in [0.4, 0.5) is 0 Å². The van der Waals surface area contributed by atoms with E-state index < -0.39 is 36.3 Å². The van der Waals surface area contributed by atoms with Gasteiger partial charge in [0.15, 0.2) is 0 Å². The minimum atomic E-state index is -1.39. The molecule has 31 heavy (non-hydrogen) atoms. The van der Waals surface area contributed by atoms with Gasteiger partial charge in [-0.3, -0.25) is 19.2 Å². The van der Waals surface area contributed by atoms with Crippen LogP contribution in [0.3, 0.4) is 0 Å². The average Bonchev–Trinajstić information content (AvgIpc) is 3.31. The fourth-order valence-electron chi connectivity index (χ4n) is 4.37. The Morgan fingerprint density at radius 2 is 1.77 bits per heavy atom. The number of hydrogen-bond acceptors (Lipinski definition) is 6. The van der Waals surface area contributed by atoms with Gasteiger partial charge in [0, 0.05) is 11.6 Å². The van der Waals surface area contributed by atoms with E-state index in [2.05, 4.69) is 15.4 Å². The third-order valence-corrected chi connectivity index (χ3v) is 5.96. The number of hydrogen-bond donors (Lipinski definition) is 3. The molecule has 1 aromatic carbocycles. The second-order valence-electron chi connectivity index (χ2n) is 8.03. The molecule has 1 unspecified atom stereocenters. The predicted molar refractivity (Wildman–Crippen MR) is 108 cm³/mol. The van der Waals surface area contributed by atoms with Crippen molar-refractivity contribution in [3.05, 3.63) is 48.0 Å². The van der Waals surface area contributed by atoms with Crippen LogP contribution in [0.2, 0.25) is 0 Å². The van der Waals surface area contributed by atoms with E-state index in [9.17, 15) is 24.3 Å². The molecule has 4 rings (SSSR count). The number of nitrogens with one attached hydrogen (secondary N) is 2. The summed E-state index contributed by atoms with van der Waals surface area (Å²) in [5, 5.41) is 15.2. The Labute approximate surface area is 179 Å². The monoisotopic (exact) mass is 427 g/mol. The number of fused-ring (bicyclic) bond motifs is 1. The number of esters is 1. The van der Waals surface area contributed by atoms with E-state index in [1.807, 2.05) is 12.2 Å². The van der Waals surface area contributed by atoms with Gasteiger partial charge >= 0.3 is 5.97 Å². The molecule has 1 aromatic rings. The molecule has 9 nitrogen and oxygen atoms in total. The Bertz CT molecular complexity index is 902. The van der Waals surface area contributed by atoms with Gasteiger partial charge in [-0.15, -0.1) is 0 Å². The molecule has 0 bridgehead atoms. The largest absolute Gasteiger partial charge is 0.434 e. The van der Waals surface area contributed by atoms with Crippen LogP contribution in [0.15, 0.2) is 42.5 Å². The predicted octanol–water partition coefficient (Wildman–Crippen LogP) is 0.245. The second-order valence-corrected chi connectivity index (χ2v) is 8.03. The first-order valence-electron chi connectivity index (χ1n) is 10.4. The summed E-state index contributed by atoms with van der Waals surface area (Å²) < 4.78 is 4.67. The lowest BCUT2D eigenvalue weighted by Gasteiger charge is -2.34. The Hall–Kier alpha value is -3.20.